The minimum Gasteiger partial charge on any atom is -0.481 e. The van der Waals surface area contributed by atoms with Crippen LogP contribution in [0.5, 0.6) is 0 Å². The largest absolute Gasteiger partial charge is 0.481 e. The van der Waals surface area contributed by atoms with Crippen molar-refractivity contribution in [2.75, 3.05) is 26.2 Å². The molecule has 0 atom stereocenters. The Bertz CT molecular complexity index is 279. The van der Waals surface area contributed by atoms with E-state index in [2.05, 4.69) is 5.32 Å². The Labute approximate surface area is 108 Å². The Hall–Kier alpha value is -1.30. The molecular weight excluding hydrogens is 236 g/mol. The summed E-state index contributed by atoms with van der Waals surface area (Å²) in [6, 6.07) is -0.258. The summed E-state index contributed by atoms with van der Waals surface area (Å²) in [5.74, 6) is -0.907. The van der Waals surface area contributed by atoms with Crippen LogP contribution in [0.25, 0.3) is 0 Å². The van der Waals surface area contributed by atoms with Crippen molar-refractivity contribution < 1.29 is 19.4 Å². The predicted molar refractivity (Wildman–Crippen MR) is 68.6 cm³/mol. The molecule has 0 aliphatic carbocycles. The molecule has 0 saturated carbocycles. The summed E-state index contributed by atoms with van der Waals surface area (Å²) in [4.78, 5) is 23.7. The van der Waals surface area contributed by atoms with Crippen LogP contribution >= 0.6 is 0 Å². The number of amides is 2. The maximum Gasteiger partial charge on any atom is 0.317 e. The van der Waals surface area contributed by atoms with Crippen LogP contribution in [0.1, 0.15) is 34.1 Å². The van der Waals surface area contributed by atoms with Crippen LogP contribution < -0.4 is 5.32 Å². The van der Waals surface area contributed by atoms with Gasteiger partial charge in [-0.15, -0.1) is 0 Å². The molecule has 0 spiro atoms. The highest BCUT2D eigenvalue weighted by molar-refractivity contribution is 5.75. The van der Waals surface area contributed by atoms with E-state index >= 15 is 0 Å². The van der Waals surface area contributed by atoms with Gasteiger partial charge < -0.3 is 20.1 Å². The number of hydrogen-bond acceptors (Lipinski definition) is 3. The van der Waals surface area contributed by atoms with Gasteiger partial charge in [0.25, 0.3) is 0 Å². The summed E-state index contributed by atoms with van der Waals surface area (Å²) in [5.41, 5.74) is -0.420. The quantitative estimate of drug-likeness (QED) is 0.689. The van der Waals surface area contributed by atoms with Gasteiger partial charge in [-0.2, -0.15) is 0 Å². The first-order valence-electron chi connectivity index (χ1n) is 6.21. The Balaban J connectivity index is 4.15. The second-order valence-corrected chi connectivity index (χ2v) is 4.57. The minimum absolute atomic E-state index is 0.0455. The lowest BCUT2D eigenvalue weighted by molar-refractivity contribution is -0.137. The number of ether oxygens (including phenoxy) is 1. The SMILES string of the molecule is CCOC(C)(C)CNC(=O)N(CC)CCC(=O)O. The molecule has 2 N–H and O–H groups in total. The number of nitrogens with zero attached hydrogens (tertiary/aromatic N) is 1. The van der Waals surface area contributed by atoms with E-state index in [1.165, 1.54) is 4.90 Å². The number of carbonyl (C=O) groups excluding carboxylic acids is 1. The summed E-state index contributed by atoms with van der Waals surface area (Å²) in [6.07, 6.45) is -0.0455. The Kier molecular flexibility index (Phi) is 7.35. The molecule has 106 valence electrons. The fraction of sp³-hybridized carbons (Fsp3) is 0.833. The first-order valence-corrected chi connectivity index (χ1v) is 6.21. The molecule has 6 heteroatoms. The summed E-state index contributed by atoms with van der Waals surface area (Å²) in [5, 5.41) is 11.3. The number of urea groups is 1. The number of carboxylic acids is 1. The predicted octanol–water partition coefficient (Wildman–Crippen LogP) is 1.31. The number of aliphatic carboxylic acids is 1. The molecule has 0 aromatic carbocycles. The topological polar surface area (TPSA) is 78.9 Å². The van der Waals surface area contributed by atoms with E-state index < -0.39 is 11.6 Å². The number of carbonyl (C=O) groups is 2. The van der Waals surface area contributed by atoms with Gasteiger partial charge in [-0.25, -0.2) is 4.79 Å². The molecule has 18 heavy (non-hydrogen) atoms. The van der Waals surface area contributed by atoms with Gasteiger partial charge in [0.2, 0.25) is 0 Å². The zero-order chi connectivity index (χ0) is 14.2. The van der Waals surface area contributed by atoms with Gasteiger partial charge in [0.1, 0.15) is 0 Å². The second-order valence-electron chi connectivity index (χ2n) is 4.57. The first kappa shape index (κ1) is 16.7. The molecule has 0 aliphatic rings. The van der Waals surface area contributed by atoms with Crippen molar-refractivity contribution in [3.63, 3.8) is 0 Å². The Morgan fingerprint density at radius 2 is 1.94 bits per heavy atom. The van der Waals surface area contributed by atoms with Gasteiger partial charge in [-0.05, 0) is 27.7 Å². The van der Waals surface area contributed by atoms with E-state index in [0.717, 1.165) is 0 Å². The fourth-order valence-electron chi connectivity index (χ4n) is 1.48. The highest BCUT2D eigenvalue weighted by atomic mass is 16.5. The standard InChI is InChI=1S/C12H24N2O4/c1-5-14(8-7-10(15)16)11(17)13-9-12(3,4)18-6-2/h5-9H2,1-4H3,(H,13,17)(H,15,16). The van der Waals surface area contributed by atoms with Crippen molar-refractivity contribution in [3.8, 4) is 0 Å². The van der Waals surface area contributed by atoms with Gasteiger partial charge in [-0.3, -0.25) is 4.79 Å². The molecule has 6 nitrogen and oxygen atoms in total. The van der Waals surface area contributed by atoms with Crippen molar-refractivity contribution in [1.82, 2.24) is 10.2 Å². The second kappa shape index (κ2) is 7.92. The normalized spacial score (nSPS) is 11.1. The lowest BCUT2D eigenvalue weighted by Gasteiger charge is -2.27. The van der Waals surface area contributed by atoms with Crippen LogP contribution in [-0.2, 0) is 9.53 Å². The zero-order valence-corrected chi connectivity index (χ0v) is 11.7. The summed E-state index contributed by atoms with van der Waals surface area (Å²) in [7, 11) is 0. The third-order valence-corrected chi connectivity index (χ3v) is 2.46. The van der Waals surface area contributed by atoms with E-state index in [4.69, 9.17) is 9.84 Å². The van der Waals surface area contributed by atoms with E-state index in [0.29, 0.717) is 19.7 Å². The first-order chi connectivity index (χ1) is 8.32. The third kappa shape index (κ3) is 7.11. The molecule has 0 aliphatic heterocycles. The molecular formula is C12H24N2O4. The Morgan fingerprint density at radius 1 is 1.33 bits per heavy atom. The van der Waals surface area contributed by atoms with Crippen LogP contribution in [0.2, 0.25) is 0 Å². The van der Waals surface area contributed by atoms with Crippen LogP contribution in [0.4, 0.5) is 4.79 Å². The van der Waals surface area contributed by atoms with Crippen LogP contribution in [0, 0.1) is 0 Å². The van der Waals surface area contributed by atoms with Crippen molar-refractivity contribution in [1.29, 1.82) is 0 Å². The smallest absolute Gasteiger partial charge is 0.317 e. The van der Waals surface area contributed by atoms with Crippen molar-refractivity contribution in [2.24, 2.45) is 0 Å². The van der Waals surface area contributed by atoms with Gasteiger partial charge in [0, 0.05) is 26.2 Å². The molecule has 0 saturated heterocycles. The monoisotopic (exact) mass is 260 g/mol. The van der Waals surface area contributed by atoms with Crippen molar-refractivity contribution >= 4 is 12.0 Å². The summed E-state index contributed by atoms with van der Waals surface area (Å²) in [6.45, 7) is 9.17. The van der Waals surface area contributed by atoms with E-state index in [1.54, 1.807) is 0 Å². The van der Waals surface area contributed by atoms with Gasteiger partial charge >= 0.3 is 12.0 Å². The van der Waals surface area contributed by atoms with E-state index in [9.17, 15) is 9.59 Å². The number of nitrogens with one attached hydrogen (secondary N) is 1. The fourth-order valence-corrected chi connectivity index (χ4v) is 1.48. The average molecular weight is 260 g/mol. The van der Waals surface area contributed by atoms with Crippen molar-refractivity contribution in [2.45, 2.75) is 39.7 Å². The number of hydrogen-bond donors (Lipinski definition) is 2. The molecule has 0 aromatic heterocycles. The number of rotatable bonds is 8. The molecule has 0 rings (SSSR count). The minimum atomic E-state index is -0.907. The molecule has 0 fully saturated rings. The third-order valence-electron chi connectivity index (χ3n) is 2.46. The molecule has 2 amide bonds. The van der Waals surface area contributed by atoms with Crippen molar-refractivity contribution in [3.05, 3.63) is 0 Å². The lowest BCUT2D eigenvalue weighted by Crippen LogP contribution is -2.47. The summed E-state index contributed by atoms with van der Waals surface area (Å²) >= 11 is 0. The van der Waals surface area contributed by atoms with E-state index in [1.807, 2.05) is 27.7 Å². The van der Waals surface area contributed by atoms with Crippen LogP contribution in [0.15, 0.2) is 0 Å². The molecule has 0 aromatic rings. The van der Waals surface area contributed by atoms with Crippen LogP contribution in [-0.4, -0.2) is 53.8 Å². The molecule has 0 heterocycles. The molecule has 0 bridgehead atoms. The number of carboxylic acid groups (broad SMARTS) is 1. The average Bonchev–Trinajstić information content (AvgIpc) is 2.27. The van der Waals surface area contributed by atoms with Gasteiger partial charge in [0.15, 0.2) is 0 Å². The summed E-state index contributed by atoms with van der Waals surface area (Å²) < 4.78 is 5.46. The van der Waals surface area contributed by atoms with Gasteiger partial charge in [0.05, 0.1) is 12.0 Å². The highest BCUT2D eigenvalue weighted by Crippen LogP contribution is 2.07. The maximum atomic E-state index is 11.8. The van der Waals surface area contributed by atoms with Crippen LogP contribution in [0.3, 0.4) is 0 Å². The zero-order valence-electron chi connectivity index (χ0n) is 11.7. The molecule has 0 radical (unpaired) electrons. The molecule has 0 unspecified atom stereocenters. The van der Waals surface area contributed by atoms with E-state index in [-0.39, 0.29) is 19.0 Å². The Morgan fingerprint density at radius 3 is 2.39 bits per heavy atom. The maximum absolute atomic E-state index is 11.8. The lowest BCUT2D eigenvalue weighted by atomic mass is 10.1. The highest BCUT2D eigenvalue weighted by Gasteiger charge is 2.20. The van der Waals surface area contributed by atoms with Gasteiger partial charge in [-0.1, -0.05) is 0 Å².